The number of anilines is 2. The number of esters is 1. The molecule has 26 heavy (non-hydrogen) atoms. The van der Waals surface area contributed by atoms with Crippen molar-refractivity contribution in [2.24, 2.45) is 0 Å². The minimum Gasteiger partial charge on any atom is -0.755 e. The van der Waals surface area contributed by atoms with Crippen LogP contribution in [0.2, 0.25) is 0 Å². The zero-order valence-corrected chi connectivity index (χ0v) is 15.4. The van der Waals surface area contributed by atoms with Crippen molar-refractivity contribution < 1.29 is 18.3 Å². The largest absolute Gasteiger partial charge is 0.755 e. The first-order chi connectivity index (χ1) is 12.6. The van der Waals surface area contributed by atoms with E-state index in [-0.39, 0.29) is 0 Å². The molecule has 0 aliphatic carbocycles. The van der Waals surface area contributed by atoms with Gasteiger partial charge in [0.1, 0.15) is 0 Å². The van der Waals surface area contributed by atoms with E-state index < -0.39 is 17.2 Å². The minimum absolute atomic E-state index is 0.333. The predicted molar refractivity (Wildman–Crippen MR) is 101 cm³/mol. The number of carbonyl (C=O) groups is 1. The maximum atomic E-state index is 12.1. The van der Waals surface area contributed by atoms with Crippen LogP contribution >= 0.6 is 0 Å². The van der Waals surface area contributed by atoms with Gasteiger partial charge in [-0.3, -0.25) is 4.21 Å². The monoisotopic (exact) mass is 373 g/mol. The van der Waals surface area contributed by atoms with Crippen LogP contribution in [-0.2, 0) is 22.4 Å². The van der Waals surface area contributed by atoms with Crippen LogP contribution < -0.4 is 9.62 Å². The normalized spacial score (nSPS) is 14.9. The summed E-state index contributed by atoms with van der Waals surface area (Å²) in [6.45, 7) is 1.76. The highest BCUT2D eigenvalue weighted by molar-refractivity contribution is 7.80. The maximum absolute atomic E-state index is 12.1. The first-order valence-electron chi connectivity index (χ1n) is 8.48. The van der Waals surface area contributed by atoms with Crippen molar-refractivity contribution >= 4 is 28.6 Å². The van der Waals surface area contributed by atoms with Crippen molar-refractivity contribution in [3.05, 3.63) is 59.2 Å². The van der Waals surface area contributed by atoms with Gasteiger partial charge >= 0.3 is 5.97 Å². The molecule has 2 aromatic carbocycles. The second kappa shape index (κ2) is 8.33. The van der Waals surface area contributed by atoms with E-state index in [0.29, 0.717) is 17.7 Å². The third kappa shape index (κ3) is 4.23. The number of nitrogens with zero attached hydrogens (tertiary/aromatic N) is 1. The summed E-state index contributed by atoms with van der Waals surface area (Å²) in [5.41, 5.74) is 3.54. The molecule has 0 radical (unpaired) electrons. The molecule has 1 saturated heterocycles. The molecule has 1 aliphatic rings. The van der Waals surface area contributed by atoms with Crippen molar-refractivity contribution in [2.45, 2.75) is 19.3 Å². The fourth-order valence-electron chi connectivity index (χ4n) is 3.30. The number of benzene rings is 2. The highest BCUT2D eigenvalue weighted by atomic mass is 32.2. The van der Waals surface area contributed by atoms with Gasteiger partial charge in [-0.2, -0.15) is 0 Å². The Morgan fingerprint density at radius 1 is 1.23 bits per heavy atom. The summed E-state index contributed by atoms with van der Waals surface area (Å²) >= 11 is -2.49. The lowest BCUT2D eigenvalue weighted by Crippen LogP contribution is -2.21. The van der Waals surface area contributed by atoms with Crippen molar-refractivity contribution in [3.8, 4) is 0 Å². The Morgan fingerprint density at radius 2 is 1.92 bits per heavy atom. The lowest BCUT2D eigenvalue weighted by molar-refractivity contribution is 0.0601. The molecule has 6 nitrogen and oxygen atoms in total. The summed E-state index contributed by atoms with van der Waals surface area (Å²) in [5.74, 6) is -0.489. The predicted octanol–water partition coefficient (Wildman–Crippen LogP) is 2.87. The Morgan fingerprint density at radius 3 is 2.54 bits per heavy atom. The smallest absolute Gasteiger partial charge is 0.337 e. The zero-order chi connectivity index (χ0) is 18.5. The lowest BCUT2D eigenvalue weighted by atomic mass is 9.98. The van der Waals surface area contributed by atoms with Crippen LogP contribution in [0.15, 0.2) is 42.5 Å². The van der Waals surface area contributed by atoms with E-state index in [9.17, 15) is 13.6 Å². The fourth-order valence-corrected chi connectivity index (χ4v) is 3.66. The summed E-state index contributed by atoms with van der Waals surface area (Å²) in [7, 11) is 1.31. The topological polar surface area (TPSA) is 81.7 Å². The molecule has 0 spiro atoms. The van der Waals surface area contributed by atoms with Crippen molar-refractivity contribution in [1.29, 1.82) is 0 Å². The van der Waals surface area contributed by atoms with Gasteiger partial charge < -0.3 is 18.9 Å². The number of hydrogen-bond donors (Lipinski definition) is 1. The van der Waals surface area contributed by atoms with Gasteiger partial charge in [0.05, 0.1) is 18.4 Å². The zero-order valence-electron chi connectivity index (χ0n) is 14.6. The molecule has 1 atom stereocenters. The fraction of sp³-hybridized carbons (Fsp3) is 0.316. The Kier molecular flexibility index (Phi) is 5.90. The van der Waals surface area contributed by atoms with Gasteiger partial charge in [0.2, 0.25) is 0 Å². The molecule has 3 rings (SSSR count). The van der Waals surface area contributed by atoms with Gasteiger partial charge in [0.15, 0.2) is 0 Å². The Labute approximate surface area is 155 Å². The minimum atomic E-state index is -2.49. The molecule has 1 unspecified atom stereocenters. The molecule has 2 aromatic rings. The number of nitrogens with one attached hydrogen (secondary N) is 1. The van der Waals surface area contributed by atoms with E-state index in [1.807, 2.05) is 30.3 Å². The van der Waals surface area contributed by atoms with Crippen molar-refractivity contribution in [3.63, 3.8) is 0 Å². The van der Waals surface area contributed by atoms with Crippen LogP contribution in [0, 0.1) is 0 Å². The van der Waals surface area contributed by atoms with Gasteiger partial charge in [-0.1, -0.05) is 30.3 Å². The highest BCUT2D eigenvalue weighted by Gasteiger charge is 2.22. The molecule has 0 amide bonds. The van der Waals surface area contributed by atoms with Crippen LogP contribution in [0.25, 0.3) is 0 Å². The third-order valence-electron chi connectivity index (χ3n) is 4.51. The average molecular weight is 373 g/mol. The first kappa shape index (κ1) is 18.4. The molecular formula is C19H21N2O4S-. The summed E-state index contributed by atoms with van der Waals surface area (Å²) in [5, 5.41) is 0. The molecule has 0 bridgehead atoms. The lowest BCUT2D eigenvalue weighted by Gasteiger charge is -2.25. The van der Waals surface area contributed by atoms with Gasteiger partial charge in [-0.25, -0.2) is 4.79 Å². The molecule has 0 saturated carbocycles. The van der Waals surface area contributed by atoms with Crippen LogP contribution in [0.3, 0.4) is 0 Å². The second-order valence-corrected chi connectivity index (χ2v) is 6.88. The molecule has 1 fully saturated rings. The van der Waals surface area contributed by atoms with E-state index in [2.05, 4.69) is 9.62 Å². The molecular weight excluding hydrogens is 352 g/mol. The summed E-state index contributed by atoms with van der Waals surface area (Å²) in [6.07, 6.45) is 2.71. The third-order valence-corrected chi connectivity index (χ3v) is 4.90. The number of ether oxygens (including phenoxy) is 1. The van der Waals surface area contributed by atoms with Crippen LogP contribution in [0.4, 0.5) is 11.4 Å². The number of carbonyl (C=O) groups excluding carboxylic acids is 1. The van der Waals surface area contributed by atoms with Gasteiger partial charge in [0.25, 0.3) is 0 Å². The quantitative estimate of drug-likeness (QED) is 0.622. The molecule has 1 N–H and O–H groups in total. The Balaban J connectivity index is 2.12. The van der Waals surface area contributed by atoms with E-state index in [0.717, 1.165) is 42.7 Å². The van der Waals surface area contributed by atoms with Gasteiger partial charge in [0, 0.05) is 42.0 Å². The highest BCUT2D eigenvalue weighted by Crippen LogP contribution is 2.34. The van der Waals surface area contributed by atoms with Crippen molar-refractivity contribution in [1.82, 2.24) is 0 Å². The van der Waals surface area contributed by atoms with Crippen LogP contribution in [0.1, 0.15) is 34.3 Å². The standard InChI is InChI=1S/C19H22N2O4S/c1-25-19(22)15-12-17(20-26(23)24)16(11-14-7-3-2-4-8-14)18(13-15)21-9-5-6-10-21/h2-4,7-8,12-13,20H,5-6,9-11H2,1H3,(H,23,24)/p-1. The Bertz CT molecular complexity index is 805. The molecule has 1 aliphatic heterocycles. The van der Waals surface area contributed by atoms with E-state index in [1.54, 1.807) is 12.1 Å². The number of methoxy groups -OCH3 is 1. The number of hydrogen-bond acceptors (Lipinski definition) is 5. The molecule has 0 aromatic heterocycles. The van der Waals surface area contributed by atoms with Gasteiger partial charge in [-0.05, 0) is 30.5 Å². The van der Waals surface area contributed by atoms with Crippen LogP contribution in [0.5, 0.6) is 0 Å². The van der Waals surface area contributed by atoms with Crippen LogP contribution in [-0.4, -0.2) is 34.9 Å². The Hall–Kier alpha value is -2.38. The van der Waals surface area contributed by atoms with E-state index in [4.69, 9.17) is 4.74 Å². The average Bonchev–Trinajstić information content (AvgIpc) is 3.17. The second-order valence-electron chi connectivity index (χ2n) is 6.21. The summed E-state index contributed by atoms with van der Waals surface area (Å²) in [6, 6.07) is 13.2. The SMILES string of the molecule is COC(=O)c1cc(NS(=O)[O-])c(Cc2ccccc2)c(N2CCCC2)c1. The maximum Gasteiger partial charge on any atom is 0.337 e. The van der Waals surface area contributed by atoms with E-state index >= 15 is 0 Å². The molecule has 7 heteroatoms. The van der Waals surface area contributed by atoms with Gasteiger partial charge in [-0.15, -0.1) is 0 Å². The molecule has 138 valence electrons. The number of rotatable bonds is 6. The first-order valence-corrected chi connectivity index (χ1v) is 9.56. The van der Waals surface area contributed by atoms with Crippen molar-refractivity contribution in [2.75, 3.05) is 29.8 Å². The van der Waals surface area contributed by atoms with E-state index in [1.165, 1.54) is 7.11 Å². The molecule has 1 heterocycles. The summed E-state index contributed by atoms with van der Waals surface area (Å²) in [4.78, 5) is 14.3. The summed E-state index contributed by atoms with van der Waals surface area (Å²) < 4.78 is 29.9.